The van der Waals surface area contributed by atoms with Gasteiger partial charge in [0.15, 0.2) is 11.0 Å². The fourth-order valence-corrected chi connectivity index (χ4v) is 3.21. The van der Waals surface area contributed by atoms with Gasteiger partial charge in [-0.1, -0.05) is 11.8 Å². The largest absolute Gasteiger partial charge is 0.333 e. The number of aromatic nitrogens is 4. The molecule has 3 amide bonds. The minimum absolute atomic E-state index is 0.0960. The van der Waals surface area contributed by atoms with Gasteiger partial charge in [-0.05, 0) is 45.7 Å². The summed E-state index contributed by atoms with van der Waals surface area (Å²) >= 11 is 1.28. The molecule has 0 aromatic carbocycles. The third-order valence-corrected chi connectivity index (χ3v) is 4.53. The number of hydrogen-bond donors (Lipinski definition) is 2. The van der Waals surface area contributed by atoms with Crippen LogP contribution in [0.2, 0.25) is 0 Å². The van der Waals surface area contributed by atoms with Crippen LogP contribution >= 0.6 is 11.8 Å². The summed E-state index contributed by atoms with van der Waals surface area (Å²) in [6.07, 6.45) is 5.58. The monoisotopic (exact) mass is 374 g/mol. The molecule has 26 heavy (non-hydrogen) atoms. The smallest absolute Gasteiger partial charge is 0.321 e. The van der Waals surface area contributed by atoms with Crippen molar-refractivity contribution in [3.05, 3.63) is 24.5 Å². The fraction of sp³-hybridized carbons (Fsp3) is 0.471. The van der Waals surface area contributed by atoms with Crippen molar-refractivity contribution in [1.82, 2.24) is 30.4 Å². The summed E-state index contributed by atoms with van der Waals surface area (Å²) in [7, 11) is 0. The molecule has 0 saturated heterocycles. The molecule has 2 aromatic rings. The van der Waals surface area contributed by atoms with E-state index in [1.54, 1.807) is 12.4 Å². The summed E-state index contributed by atoms with van der Waals surface area (Å²) in [5, 5.41) is 14.2. The maximum atomic E-state index is 12.0. The molecular weight excluding hydrogens is 352 g/mol. The lowest BCUT2D eigenvalue weighted by Crippen LogP contribution is -2.48. The molecule has 2 aromatic heterocycles. The van der Waals surface area contributed by atoms with Crippen LogP contribution < -0.4 is 10.6 Å². The van der Waals surface area contributed by atoms with Gasteiger partial charge in [0.1, 0.15) is 0 Å². The average Bonchev–Trinajstić information content (AvgIpc) is 3.31. The first-order valence-corrected chi connectivity index (χ1v) is 9.42. The van der Waals surface area contributed by atoms with Gasteiger partial charge in [-0.15, -0.1) is 10.2 Å². The van der Waals surface area contributed by atoms with E-state index in [0.717, 1.165) is 24.2 Å². The Bertz CT molecular complexity index is 795. The predicted molar refractivity (Wildman–Crippen MR) is 98.7 cm³/mol. The normalized spacial score (nSPS) is 14.1. The second kappa shape index (κ2) is 7.45. The number of imide groups is 1. The van der Waals surface area contributed by atoms with E-state index >= 15 is 0 Å². The summed E-state index contributed by atoms with van der Waals surface area (Å²) in [5.74, 6) is 0.509. The summed E-state index contributed by atoms with van der Waals surface area (Å²) in [4.78, 5) is 27.8. The molecule has 2 heterocycles. The Morgan fingerprint density at radius 2 is 1.92 bits per heavy atom. The van der Waals surface area contributed by atoms with Crippen molar-refractivity contribution in [1.29, 1.82) is 0 Å². The van der Waals surface area contributed by atoms with Crippen LogP contribution in [-0.4, -0.2) is 43.0 Å². The lowest BCUT2D eigenvalue weighted by atomic mass is 10.1. The Balaban J connectivity index is 1.65. The summed E-state index contributed by atoms with van der Waals surface area (Å²) < 4.78 is 2.07. The number of carbonyl (C=O) groups excluding carboxylic acids is 2. The van der Waals surface area contributed by atoms with Crippen LogP contribution in [0.15, 0.2) is 29.7 Å². The van der Waals surface area contributed by atoms with Gasteiger partial charge in [-0.3, -0.25) is 19.7 Å². The molecule has 0 atom stereocenters. The minimum atomic E-state index is -0.496. The van der Waals surface area contributed by atoms with Gasteiger partial charge in [-0.25, -0.2) is 4.79 Å². The second-order valence-electron chi connectivity index (χ2n) is 7.18. The van der Waals surface area contributed by atoms with Crippen molar-refractivity contribution in [3.8, 4) is 11.4 Å². The first-order valence-electron chi connectivity index (χ1n) is 8.43. The topological polar surface area (TPSA) is 102 Å². The number of pyridine rings is 1. The van der Waals surface area contributed by atoms with Gasteiger partial charge in [0.05, 0.1) is 5.75 Å². The fourth-order valence-electron chi connectivity index (χ4n) is 2.40. The first kappa shape index (κ1) is 18.4. The van der Waals surface area contributed by atoms with Crippen molar-refractivity contribution in [2.24, 2.45) is 0 Å². The summed E-state index contributed by atoms with van der Waals surface area (Å²) in [5.41, 5.74) is 0.545. The quantitative estimate of drug-likeness (QED) is 0.779. The zero-order valence-corrected chi connectivity index (χ0v) is 15.8. The molecule has 8 nitrogen and oxygen atoms in total. The van der Waals surface area contributed by atoms with Crippen molar-refractivity contribution in [2.75, 3.05) is 5.75 Å². The van der Waals surface area contributed by atoms with Crippen LogP contribution in [0, 0.1) is 0 Å². The lowest BCUT2D eigenvalue weighted by Gasteiger charge is -2.20. The molecule has 0 aliphatic heterocycles. The molecule has 138 valence electrons. The highest BCUT2D eigenvalue weighted by Crippen LogP contribution is 2.40. The van der Waals surface area contributed by atoms with Crippen LogP contribution in [0.3, 0.4) is 0 Å². The molecule has 2 N–H and O–H groups in total. The van der Waals surface area contributed by atoms with Crippen LogP contribution in [0.5, 0.6) is 0 Å². The number of urea groups is 1. The second-order valence-corrected chi connectivity index (χ2v) is 8.13. The number of carbonyl (C=O) groups is 2. The minimum Gasteiger partial charge on any atom is -0.333 e. The molecule has 0 unspecified atom stereocenters. The molecule has 0 bridgehead atoms. The van der Waals surface area contributed by atoms with E-state index in [2.05, 4.69) is 30.4 Å². The van der Waals surface area contributed by atoms with Crippen molar-refractivity contribution < 1.29 is 9.59 Å². The number of amides is 3. The van der Waals surface area contributed by atoms with Gasteiger partial charge >= 0.3 is 6.03 Å². The van der Waals surface area contributed by atoms with Gasteiger partial charge in [0.25, 0.3) is 0 Å². The molecule has 9 heteroatoms. The number of hydrogen-bond acceptors (Lipinski definition) is 6. The van der Waals surface area contributed by atoms with E-state index < -0.39 is 11.6 Å². The third kappa shape index (κ3) is 4.81. The lowest BCUT2D eigenvalue weighted by molar-refractivity contribution is -0.117. The van der Waals surface area contributed by atoms with Crippen molar-refractivity contribution >= 4 is 23.7 Å². The van der Waals surface area contributed by atoms with E-state index in [-0.39, 0.29) is 11.7 Å². The average molecular weight is 374 g/mol. The SMILES string of the molecule is CC(C)(C)NC(=O)NC(=O)CSc1nnc(-c2ccncc2)n1C1CC1. The predicted octanol–water partition coefficient (Wildman–Crippen LogP) is 2.39. The molecule has 1 aliphatic carbocycles. The highest BCUT2D eigenvalue weighted by Gasteiger charge is 2.30. The zero-order chi connectivity index (χ0) is 18.7. The highest BCUT2D eigenvalue weighted by molar-refractivity contribution is 7.99. The van der Waals surface area contributed by atoms with Crippen LogP contribution in [0.4, 0.5) is 4.79 Å². The van der Waals surface area contributed by atoms with E-state index in [9.17, 15) is 9.59 Å². The standard InChI is InChI=1S/C17H22N6O2S/c1-17(2,3)20-15(25)19-13(24)10-26-16-22-21-14(23(16)12-4-5-12)11-6-8-18-9-7-11/h6-9,12H,4-5,10H2,1-3H3,(H2,19,20,24,25). The van der Waals surface area contributed by atoms with Crippen LogP contribution in [-0.2, 0) is 4.79 Å². The van der Waals surface area contributed by atoms with Gasteiger partial charge in [0.2, 0.25) is 5.91 Å². The third-order valence-electron chi connectivity index (χ3n) is 3.59. The number of nitrogens with zero attached hydrogens (tertiary/aromatic N) is 4. The van der Waals surface area contributed by atoms with E-state index in [0.29, 0.717) is 11.2 Å². The maximum absolute atomic E-state index is 12.0. The Hall–Kier alpha value is -2.42. The number of nitrogens with one attached hydrogen (secondary N) is 2. The molecule has 3 rings (SSSR count). The molecule has 0 spiro atoms. The summed E-state index contributed by atoms with van der Waals surface area (Å²) in [6.45, 7) is 5.56. The molecule has 0 radical (unpaired) electrons. The van der Waals surface area contributed by atoms with Crippen LogP contribution in [0.25, 0.3) is 11.4 Å². The zero-order valence-electron chi connectivity index (χ0n) is 15.0. The van der Waals surface area contributed by atoms with Gasteiger partial charge < -0.3 is 5.32 Å². The van der Waals surface area contributed by atoms with Gasteiger partial charge in [0, 0.05) is 29.5 Å². The van der Waals surface area contributed by atoms with E-state index in [1.807, 2.05) is 32.9 Å². The first-order chi connectivity index (χ1) is 12.3. The van der Waals surface area contributed by atoms with E-state index in [1.165, 1.54) is 11.8 Å². The Morgan fingerprint density at radius 3 is 2.54 bits per heavy atom. The summed E-state index contributed by atoms with van der Waals surface area (Å²) in [6, 6.07) is 3.65. The van der Waals surface area contributed by atoms with Crippen LogP contribution in [0.1, 0.15) is 39.7 Å². The van der Waals surface area contributed by atoms with Gasteiger partial charge in [-0.2, -0.15) is 0 Å². The number of rotatable bonds is 5. The molecule has 1 saturated carbocycles. The van der Waals surface area contributed by atoms with Crippen molar-refractivity contribution in [2.45, 2.75) is 50.4 Å². The number of thioether (sulfide) groups is 1. The Kier molecular flexibility index (Phi) is 5.26. The maximum Gasteiger partial charge on any atom is 0.321 e. The van der Waals surface area contributed by atoms with Crippen molar-refractivity contribution in [3.63, 3.8) is 0 Å². The Labute approximate surface area is 156 Å². The Morgan fingerprint density at radius 1 is 1.23 bits per heavy atom. The molecular formula is C17H22N6O2S. The van der Waals surface area contributed by atoms with E-state index in [4.69, 9.17) is 0 Å². The molecule has 1 fully saturated rings. The molecule has 1 aliphatic rings. The highest BCUT2D eigenvalue weighted by atomic mass is 32.2.